The molecule has 3 heterocycles. The average Bonchev–Trinajstić information content (AvgIpc) is 2.96. The van der Waals surface area contributed by atoms with Gasteiger partial charge in [0.05, 0.1) is 17.4 Å². The quantitative estimate of drug-likeness (QED) is 0.844. The summed E-state index contributed by atoms with van der Waals surface area (Å²) in [5, 5.41) is 10.6. The van der Waals surface area contributed by atoms with Gasteiger partial charge in [-0.2, -0.15) is 10.3 Å². The zero-order valence-electron chi connectivity index (χ0n) is 13.2. The highest BCUT2D eigenvalue weighted by atomic mass is 16.7. The molecule has 0 bridgehead atoms. The molecule has 0 amide bonds. The Morgan fingerprint density at radius 2 is 1.90 bits per heavy atom. The number of H-pyrrole nitrogens is 1. The first kappa shape index (κ1) is 14.3. The summed E-state index contributed by atoms with van der Waals surface area (Å²) >= 11 is 0. The molecule has 1 N–H and O–H groups in total. The number of rotatable bonds is 2. The van der Waals surface area contributed by atoms with E-state index in [-0.39, 0.29) is 18.3 Å². The molecule has 0 saturated carbocycles. The first-order valence-electron chi connectivity index (χ1n) is 7.16. The molecule has 21 heavy (non-hydrogen) atoms. The van der Waals surface area contributed by atoms with Crippen LogP contribution in [-0.2, 0) is 9.31 Å². The third-order valence-electron chi connectivity index (χ3n) is 4.54. The van der Waals surface area contributed by atoms with Crippen molar-refractivity contribution in [2.45, 2.75) is 45.8 Å². The first-order chi connectivity index (χ1) is 9.80. The van der Waals surface area contributed by atoms with Gasteiger partial charge >= 0.3 is 7.12 Å². The van der Waals surface area contributed by atoms with E-state index in [0.29, 0.717) is 0 Å². The molecule has 1 saturated heterocycles. The number of nitrogens with zero attached hydrogens (tertiary/aromatic N) is 3. The van der Waals surface area contributed by atoms with Crippen molar-refractivity contribution >= 4 is 12.9 Å². The summed E-state index contributed by atoms with van der Waals surface area (Å²) in [6.07, 6.45) is 5.73. The van der Waals surface area contributed by atoms with Gasteiger partial charge in [-0.1, -0.05) is 5.57 Å². The van der Waals surface area contributed by atoms with Crippen molar-refractivity contribution in [3.05, 3.63) is 29.5 Å². The Labute approximate surface area is 125 Å². The number of aromatic amines is 1. The van der Waals surface area contributed by atoms with Gasteiger partial charge in [0.2, 0.25) is 0 Å². The minimum Gasteiger partial charge on any atom is -0.399 e. The van der Waals surface area contributed by atoms with E-state index in [9.17, 15) is 0 Å². The number of hydrogen-bond acceptors (Lipinski definition) is 5. The number of aromatic nitrogens is 3. The van der Waals surface area contributed by atoms with Gasteiger partial charge in [-0.15, -0.1) is 5.10 Å². The van der Waals surface area contributed by atoms with Gasteiger partial charge in [-0.05, 0) is 46.2 Å². The van der Waals surface area contributed by atoms with E-state index in [1.54, 1.807) is 6.20 Å². The monoisotopic (exact) mass is 288 g/mol. The molecule has 0 unspecified atom stereocenters. The third kappa shape index (κ3) is 2.40. The zero-order chi connectivity index (χ0) is 15.3. The van der Waals surface area contributed by atoms with Crippen molar-refractivity contribution in [2.24, 2.45) is 0 Å². The van der Waals surface area contributed by atoms with Crippen molar-refractivity contribution in [1.29, 1.82) is 0 Å². The summed E-state index contributed by atoms with van der Waals surface area (Å²) in [6, 6.07) is 0. The second-order valence-corrected chi connectivity index (χ2v) is 6.60. The van der Waals surface area contributed by atoms with E-state index in [4.69, 9.17) is 9.31 Å². The molecule has 0 spiro atoms. The second-order valence-electron chi connectivity index (χ2n) is 6.60. The minimum atomic E-state index is -0.317. The fraction of sp³-hybridized carbons (Fsp3) is 0.571. The number of hydrogen-bond donors (Lipinski definition) is 1. The van der Waals surface area contributed by atoms with Crippen molar-refractivity contribution in [1.82, 2.24) is 15.4 Å². The lowest BCUT2D eigenvalue weighted by molar-refractivity contribution is 0.00578. The first-order valence-corrected chi connectivity index (χ1v) is 7.16. The molecular formula is C14H21BN4O2. The van der Waals surface area contributed by atoms with E-state index in [2.05, 4.69) is 50.0 Å². The maximum atomic E-state index is 6.12. The third-order valence-corrected chi connectivity index (χ3v) is 4.54. The van der Waals surface area contributed by atoms with Crippen LogP contribution in [0.25, 0.3) is 0 Å². The Morgan fingerprint density at radius 1 is 1.24 bits per heavy atom. The van der Waals surface area contributed by atoms with Crippen LogP contribution in [0.2, 0.25) is 0 Å². The molecule has 2 aliphatic heterocycles. The predicted molar refractivity (Wildman–Crippen MR) is 81.7 cm³/mol. The molecule has 0 radical (unpaired) electrons. The maximum Gasteiger partial charge on any atom is 0.494 e. The molecule has 7 heteroatoms. The lowest BCUT2D eigenvalue weighted by Crippen LogP contribution is -2.41. The molecule has 3 rings (SSSR count). The molecule has 1 aromatic heterocycles. The average molecular weight is 288 g/mol. The number of allylic oxidation sites excluding steroid dienone is 2. The van der Waals surface area contributed by atoms with Crippen molar-refractivity contribution in [3.8, 4) is 0 Å². The SMILES string of the molecule is CC1=C(B2OC(C)(C)C(C)(C)O2)C=CN(c2cn[nH]n2)C1. The highest BCUT2D eigenvalue weighted by Crippen LogP contribution is 2.39. The fourth-order valence-corrected chi connectivity index (χ4v) is 2.45. The van der Waals surface area contributed by atoms with Crippen LogP contribution in [0, 0.1) is 0 Å². The van der Waals surface area contributed by atoms with Crippen LogP contribution in [0.15, 0.2) is 29.5 Å². The van der Waals surface area contributed by atoms with Crippen molar-refractivity contribution in [2.75, 3.05) is 11.4 Å². The zero-order valence-corrected chi connectivity index (χ0v) is 13.2. The van der Waals surface area contributed by atoms with Crippen LogP contribution in [0.3, 0.4) is 0 Å². The van der Waals surface area contributed by atoms with E-state index in [0.717, 1.165) is 17.8 Å². The maximum absolute atomic E-state index is 6.12. The van der Waals surface area contributed by atoms with Gasteiger partial charge in [-0.3, -0.25) is 0 Å². The summed E-state index contributed by atoms with van der Waals surface area (Å²) in [6.45, 7) is 11.1. The molecule has 1 fully saturated rings. The van der Waals surface area contributed by atoms with E-state index in [1.807, 2.05) is 17.2 Å². The Bertz CT molecular complexity index is 576. The van der Waals surface area contributed by atoms with E-state index < -0.39 is 0 Å². The molecule has 0 aromatic carbocycles. The van der Waals surface area contributed by atoms with Crippen molar-refractivity contribution in [3.63, 3.8) is 0 Å². The van der Waals surface area contributed by atoms with Crippen LogP contribution >= 0.6 is 0 Å². The topological polar surface area (TPSA) is 63.3 Å². The summed E-state index contributed by atoms with van der Waals surface area (Å²) < 4.78 is 12.2. The van der Waals surface area contributed by atoms with Crippen LogP contribution < -0.4 is 4.90 Å². The summed E-state index contributed by atoms with van der Waals surface area (Å²) in [4.78, 5) is 2.04. The molecule has 0 aliphatic carbocycles. The van der Waals surface area contributed by atoms with Gasteiger partial charge in [0.1, 0.15) is 0 Å². The normalized spacial score (nSPS) is 24.0. The van der Waals surface area contributed by atoms with Gasteiger partial charge in [0, 0.05) is 12.7 Å². The highest BCUT2D eigenvalue weighted by Gasteiger charge is 2.52. The number of anilines is 1. The summed E-state index contributed by atoms with van der Waals surface area (Å²) in [5.41, 5.74) is 1.66. The number of nitrogens with one attached hydrogen (secondary N) is 1. The van der Waals surface area contributed by atoms with E-state index >= 15 is 0 Å². The fourth-order valence-electron chi connectivity index (χ4n) is 2.45. The van der Waals surface area contributed by atoms with E-state index in [1.165, 1.54) is 5.57 Å². The molecule has 112 valence electrons. The Morgan fingerprint density at radius 3 is 2.43 bits per heavy atom. The van der Waals surface area contributed by atoms with Crippen LogP contribution in [0.5, 0.6) is 0 Å². The van der Waals surface area contributed by atoms with Gasteiger partial charge in [0.25, 0.3) is 0 Å². The standard InChI is InChI=1S/C14H21BN4O2/c1-10-9-19(12-8-16-18-17-12)7-6-11(10)15-20-13(2,3)14(4,5)21-15/h6-8H,9H2,1-5H3,(H,16,17,18). The van der Waals surface area contributed by atoms with Crippen molar-refractivity contribution < 1.29 is 9.31 Å². The lowest BCUT2D eigenvalue weighted by atomic mass is 9.74. The van der Waals surface area contributed by atoms with Gasteiger partial charge in [-0.25, -0.2) is 0 Å². The molecule has 6 nitrogen and oxygen atoms in total. The molecule has 0 atom stereocenters. The summed E-state index contributed by atoms with van der Waals surface area (Å²) in [5.74, 6) is 0.804. The lowest BCUT2D eigenvalue weighted by Gasteiger charge is -2.32. The minimum absolute atomic E-state index is 0.314. The van der Waals surface area contributed by atoms with Crippen LogP contribution in [0.4, 0.5) is 5.82 Å². The van der Waals surface area contributed by atoms with Crippen LogP contribution in [0.1, 0.15) is 34.6 Å². The van der Waals surface area contributed by atoms with Crippen LogP contribution in [-0.4, -0.2) is 40.3 Å². The molecule has 2 aliphatic rings. The largest absolute Gasteiger partial charge is 0.494 e. The highest BCUT2D eigenvalue weighted by molar-refractivity contribution is 6.56. The molecule has 1 aromatic rings. The predicted octanol–water partition coefficient (Wildman–Crippen LogP) is 2.09. The van der Waals surface area contributed by atoms with Gasteiger partial charge in [0.15, 0.2) is 5.82 Å². The smallest absolute Gasteiger partial charge is 0.399 e. The Balaban J connectivity index is 1.79. The second kappa shape index (κ2) is 4.71. The van der Waals surface area contributed by atoms with Gasteiger partial charge < -0.3 is 14.2 Å². The molecular weight excluding hydrogens is 267 g/mol. The summed E-state index contributed by atoms with van der Waals surface area (Å²) in [7, 11) is -0.314. The Hall–Kier alpha value is -1.60. The Kier molecular flexibility index (Phi) is 3.22.